The van der Waals surface area contributed by atoms with E-state index in [0.717, 1.165) is 12.0 Å². The fraction of sp³-hybridized carbons (Fsp3) is 0.882. The molecule has 2 fully saturated rings. The smallest absolute Gasteiger partial charge is 0.0911 e. The summed E-state index contributed by atoms with van der Waals surface area (Å²) in [4.78, 5) is 0. The number of hydrogen-bond donors (Lipinski definition) is 1. The Morgan fingerprint density at radius 1 is 1.42 bits per heavy atom. The van der Waals surface area contributed by atoms with Gasteiger partial charge in [0.2, 0.25) is 0 Å². The maximum Gasteiger partial charge on any atom is 0.0911 e. The second-order valence-corrected chi connectivity index (χ2v) is 7.49. The Kier molecular flexibility index (Phi) is 3.51. The highest BCUT2D eigenvalue weighted by atomic mass is 15.4. The Morgan fingerprint density at radius 3 is 2.89 bits per heavy atom. The molecule has 0 aromatic heterocycles. The maximum absolute atomic E-state index is 3.75. The van der Waals surface area contributed by atoms with Gasteiger partial charge >= 0.3 is 0 Å². The molecule has 1 N–H and O–H groups in total. The van der Waals surface area contributed by atoms with Gasteiger partial charge in [0.25, 0.3) is 0 Å². The predicted molar refractivity (Wildman–Crippen MR) is 81.0 cm³/mol. The van der Waals surface area contributed by atoms with Gasteiger partial charge in [0, 0.05) is 18.5 Å². The highest BCUT2D eigenvalue weighted by molar-refractivity contribution is 5.37. The van der Waals surface area contributed by atoms with Crippen molar-refractivity contribution in [3.63, 3.8) is 0 Å². The Labute approximate surface area is 118 Å². The molecule has 1 heterocycles. The SMILES string of the molecule is CCC(CC)NCC[N+]1(C)CC2CCC=C3CC32C1. The standard InChI is InChI=1S/C17H31N2/c1-4-16(5-2)18-9-10-19(3)12-15-8-6-7-14-11-17(14,15)13-19/h7,15-16,18H,4-6,8-13H2,1-3H3/q+1. The van der Waals surface area contributed by atoms with Crippen LogP contribution in [0.3, 0.4) is 0 Å². The molecule has 2 aliphatic carbocycles. The van der Waals surface area contributed by atoms with Crippen LogP contribution in [0.1, 0.15) is 46.0 Å². The molecule has 3 atom stereocenters. The monoisotopic (exact) mass is 263 g/mol. The molecule has 1 saturated heterocycles. The molecular formula is C17H31N2+. The first-order valence-electron chi connectivity index (χ1n) is 8.38. The third kappa shape index (κ3) is 2.38. The van der Waals surface area contributed by atoms with Crippen molar-refractivity contribution in [3.8, 4) is 0 Å². The summed E-state index contributed by atoms with van der Waals surface area (Å²) in [6.07, 6.45) is 9.32. The van der Waals surface area contributed by atoms with Gasteiger partial charge in [-0.3, -0.25) is 0 Å². The number of likely N-dealkylation sites (N-methyl/N-ethyl adjacent to an activating group) is 1. The molecule has 0 bridgehead atoms. The Morgan fingerprint density at radius 2 is 2.21 bits per heavy atom. The summed E-state index contributed by atoms with van der Waals surface area (Å²) in [5, 5.41) is 3.75. The van der Waals surface area contributed by atoms with Crippen molar-refractivity contribution >= 4 is 0 Å². The molecule has 3 unspecified atom stereocenters. The van der Waals surface area contributed by atoms with Gasteiger partial charge in [-0.2, -0.15) is 0 Å². The molecule has 3 rings (SSSR count). The normalized spacial score (nSPS) is 40.0. The van der Waals surface area contributed by atoms with Gasteiger partial charge in [0.15, 0.2) is 0 Å². The Balaban J connectivity index is 1.53. The lowest BCUT2D eigenvalue weighted by Gasteiger charge is -2.31. The van der Waals surface area contributed by atoms with Gasteiger partial charge in [0.05, 0.1) is 32.1 Å². The lowest BCUT2D eigenvalue weighted by atomic mass is 9.85. The highest BCUT2D eigenvalue weighted by Gasteiger charge is 2.64. The van der Waals surface area contributed by atoms with Crippen molar-refractivity contribution < 1.29 is 4.48 Å². The average molecular weight is 263 g/mol. The first-order chi connectivity index (χ1) is 9.12. The molecule has 108 valence electrons. The van der Waals surface area contributed by atoms with Gasteiger partial charge < -0.3 is 9.80 Å². The quantitative estimate of drug-likeness (QED) is 0.574. The lowest BCUT2D eigenvalue weighted by Crippen LogP contribution is -2.47. The van der Waals surface area contributed by atoms with E-state index >= 15 is 0 Å². The van der Waals surface area contributed by atoms with E-state index in [4.69, 9.17) is 0 Å². The van der Waals surface area contributed by atoms with Crippen molar-refractivity contribution in [1.29, 1.82) is 0 Å². The Hall–Kier alpha value is -0.340. The minimum atomic E-state index is 0.682. The summed E-state index contributed by atoms with van der Waals surface area (Å²) >= 11 is 0. The molecule has 1 saturated carbocycles. The van der Waals surface area contributed by atoms with Crippen LogP contribution in [0.15, 0.2) is 11.6 Å². The fourth-order valence-corrected chi connectivity index (χ4v) is 4.83. The molecule has 3 aliphatic rings. The van der Waals surface area contributed by atoms with Crippen LogP contribution in [-0.2, 0) is 0 Å². The largest absolute Gasteiger partial charge is 0.324 e. The van der Waals surface area contributed by atoms with Crippen LogP contribution in [0, 0.1) is 11.3 Å². The van der Waals surface area contributed by atoms with Crippen LogP contribution in [0.2, 0.25) is 0 Å². The van der Waals surface area contributed by atoms with Gasteiger partial charge in [-0.1, -0.05) is 25.5 Å². The number of quaternary nitrogens is 1. The molecule has 0 radical (unpaired) electrons. The van der Waals surface area contributed by atoms with Gasteiger partial charge in [0.1, 0.15) is 0 Å². The van der Waals surface area contributed by atoms with Gasteiger partial charge in [-0.05, 0) is 32.1 Å². The molecule has 19 heavy (non-hydrogen) atoms. The minimum absolute atomic E-state index is 0.682. The summed E-state index contributed by atoms with van der Waals surface area (Å²) in [7, 11) is 2.50. The van der Waals surface area contributed by atoms with Crippen LogP contribution in [0.25, 0.3) is 0 Å². The third-order valence-corrected chi connectivity index (χ3v) is 6.10. The van der Waals surface area contributed by atoms with Crippen LogP contribution < -0.4 is 5.32 Å². The summed E-state index contributed by atoms with van der Waals surface area (Å²) in [6.45, 7) is 9.97. The highest BCUT2D eigenvalue weighted by Crippen LogP contribution is 2.65. The van der Waals surface area contributed by atoms with E-state index < -0.39 is 0 Å². The predicted octanol–water partition coefficient (Wildman–Crippen LogP) is 2.95. The molecule has 0 amide bonds. The van der Waals surface area contributed by atoms with E-state index in [1.807, 2.05) is 5.57 Å². The van der Waals surface area contributed by atoms with E-state index in [0.29, 0.717) is 5.41 Å². The molecule has 2 nitrogen and oxygen atoms in total. The summed E-state index contributed by atoms with van der Waals surface area (Å²) < 4.78 is 1.31. The summed E-state index contributed by atoms with van der Waals surface area (Å²) in [5.41, 5.74) is 2.50. The number of allylic oxidation sites excluding steroid dienone is 1. The van der Waals surface area contributed by atoms with Crippen molar-refractivity contribution in [1.82, 2.24) is 5.32 Å². The van der Waals surface area contributed by atoms with Gasteiger partial charge in [-0.25, -0.2) is 0 Å². The molecular weight excluding hydrogens is 232 g/mol. The topological polar surface area (TPSA) is 12.0 Å². The van der Waals surface area contributed by atoms with Crippen LogP contribution in [0.4, 0.5) is 0 Å². The average Bonchev–Trinajstić information content (AvgIpc) is 3.01. The van der Waals surface area contributed by atoms with Crippen molar-refractivity contribution in [2.24, 2.45) is 11.3 Å². The van der Waals surface area contributed by atoms with E-state index in [9.17, 15) is 0 Å². The zero-order valence-electron chi connectivity index (χ0n) is 13.0. The lowest BCUT2D eigenvalue weighted by molar-refractivity contribution is -0.899. The third-order valence-electron chi connectivity index (χ3n) is 6.10. The second-order valence-electron chi connectivity index (χ2n) is 7.49. The zero-order chi connectivity index (χ0) is 13.5. The molecule has 1 aliphatic heterocycles. The van der Waals surface area contributed by atoms with Crippen molar-refractivity contribution in [2.45, 2.75) is 52.0 Å². The number of nitrogens with zero attached hydrogens (tertiary/aromatic N) is 1. The van der Waals surface area contributed by atoms with Crippen LogP contribution in [0.5, 0.6) is 0 Å². The second kappa shape index (κ2) is 4.89. The van der Waals surface area contributed by atoms with Crippen molar-refractivity contribution in [2.75, 3.05) is 33.2 Å². The molecule has 0 aromatic rings. The number of hydrogen-bond acceptors (Lipinski definition) is 1. The Bertz CT molecular complexity index is 371. The first-order valence-corrected chi connectivity index (χ1v) is 8.38. The van der Waals surface area contributed by atoms with E-state index in [2.05, 4.69) is 32.3 Å². The summed E-state index contributed by atoms with van der Waals surface area (Å²) in [5.74, 6) is 1.01. The van der Waals surface area contributed by atoms with E-state index in [1.165, 1.54) is 62.8 Å². The van der Waals surface area contributed by atoms with Crippen LogP contribution >= 0.6 is 0 Å². The van der Waals surface area contributed by atoms with E-state index in [1.54, 1.807) is 0 Å². The number of likely N-dealkylation sites (tertiary alicyclic amines) is 1. The number of rotatable bonds is 6. The molecule has 0 aromatic carbocycles. The van der Waals surface area contributed by atoms with E-state index in [-0.39, 0.29) is 0 Å². The van der Waals surface area contributed by atoms with Crippen molar-refractivity contribution in [3.05, 3.63) is 11.6 Å². The summed E-state index contributed by atoms with van der Waals surface area (Å²) in [6, 6.07) is 0.728. The fourth-order valence-electron chi connectivity index (χ4n) is 4.83. The molecule has 2 heteroatoms. The minimum Gasteiger partial charge on any atom is -0.324 e. The number of nitrogens with one attached hydrogen (secondary N) is 1. The van der Waals surface area contributed by atoms with Gasteiger partial charge in [-0.15, -0.1) is 0 Å². The van der Waals surface area contributed by atoms with Crippen LogP contribution in [-0.4, -0.2) is 43.8 Å². The molecule has 1 spiro atoms. The first kappa shape index (κ1) is 13.6. The maximum atomic E-state index is 3.75. The zero-order valence-corrected chi connectivity index (χ0v) is 13.0.